The highest BCUT2D eigenvalue weighted by atomic mass is 19.1. The Hall–Kier alpha value is -4.58. The summed E-state index contributed by atoms with van der Waals surface area (Å²) in [4.78, 5) is 27.3. The number of aromatic nitrogens is 5. The quantitative estimate of drug-likeness (QED) is 0.289. The summed E-state index contributed by atoms with van der Waals surface area (Å²) in [6.45, 7) is 4.00. The molecule has 1 amide bonds. The Morgan fingerprint density at radius 3 is 2.73 bits per heavy atom. The van der Waals surface area contributed by atoms with Gasteiger partial charge in [-0.05, 0) is 62.4 Å². The highest BCUT2D eigenvalue weighted by molar-refractivity contribution is 5.98. The highest BCUT2D eigenvalue weighted by Gasteiger charge is 2.31. The molecular formula is C29H30FN9O2. The maximum atomic E-state index is 15.4. The predicted molar refractivity (Wildman–Crippen MR) is 153 cm³/mol. The first-order valence-electron chi connectivity index (χ1n) is 13.9. The predicted octanol–water partition coefficient (Wildman–Crippen LogP) is 4.32. The van der Waals surface area contributed by atoms with Gasteiger partial charge in [0.05, 0.1) is 23.7 Å². The van der Waals surface area contributed by atoms with E-state index in [2.05, 4.69) is 30.5 Å². The van der Waals surface area contributed by atoms with E-state index in [1.54, 1.807) is 12.1 Å². The number of nitrogens with two attached hydrogens (primary N) is 1. The van der Waals surface area contributed by atoms with Crippen LogP contribution in [0.25, 0.3) is 33.4 Å². The van der Waals surface area contributed by atoms with Gasteiger partial charge in [0.1, 0.15) is 29.2 Å². The van der Waals surface area contributed by atoms with E-state index >= 15 is 4.39 Å². The topological polar surface area (TPSA) is 140 Å². The van der Waals surface area contributed by atoms with Gasteiger partial charge in [-0.15, -0.1) is 0 Å². The van der Waals surface area contributed by atoms with Gasteiger partial charge in [0.25, 0.3) is 6.01 Å². The van der Waals surface area contributed by atoms with Crippen molar-refractivity contribution in [3.63, 3.8) is 0 Å². The third-order valence-corrected chi connectivity index (χ3v) is 8.14. The van der Waals surface area contributed by atoms with Crippen molar-refractivity contribution in [1.82, 2.24) is 34.9 Å². The second-order valence-corrected chi connectivity index (χ2v) is 10.8. The van der Waals surface area contributed by atoms with Crippen molar-refractivity contribution in [2.45, 2.75) is 44.7 Å². The minimum atomic E-state index is -0.481. The van der Waals surface area contributed by atoms with E-state index in [0.717, 1.165) is 37.8 Å². The molecule has 5 aromatic rings. The zero-order chi connectivity index (χ0) is 28.1. The molecule has 7 rings (SSSR count). The van der Waals surface area contributed by atoms with Crippen molar-refractivity contribution in [3.8, 4) is 11.3 Å². The third-order valence-electron chi connectivity index (χ3n) is 8.14. The molecule has 4 N–H and O–H groups in total. The second-order valence-electron chi connectivity index (χ2n) is 10.8. The van der Waals surface area contributed by atoms with Gasteiger partial charge in [0, 0.05) is 24.7 Å². The van der Waals surface area contributed by atoms with Crippen LogP contribution >= 0.6 is 0 Å². The number of rotatable bonds is 5. The van der Waals surface area contributed by atoms with E-state index in [0.29, 0.717) is 58.3 Å². The molecule has 1 saturated carbocycles. The third kappa shape index (κ3) is 4.73. The monoisotopic (exact) mass is 555 g/mol. The fourth-order valence-corrected chi connectivity index (χ4v) is 6.06. The fraction of sp³-hybridized carbons (Fsp3) is 0.345. The SMILES string of the molecule is Cc1ccc2oc(Nc3ccc(-c4nn([C@H]5CC[C@H](N6CCNC(=O)C6)CC5)c5ncnc(N)c45)cc3F)nc2c1. The summed E-state index contributed by atoms with van der Waals surface area (Å²) in [5.74, 6) is -0.0931. The summed E-state index contributed by atoms with van der Waals surface area (Å²) in [5, 5.41) is 11.4. The highest BCUT2D eigenvalue weighted by Crippen LogP contribution is 2.38. The van der Waals surface area contributed by atoms with Crippen LogP contribution in [0.4, 0.5) is 21.9 Å². The Kier molecular flexibility index (Phi) is 6.26. The van der Waals surface area contributed by atoms with Crippen molar-refractivity contribution in [2.24, 2.45) is 0 Å². The van der Waals surface area contributed by atoms with Crippen LogP contribution in [0.5, 0.6) is 0 Å². The molecule has 0 atom stereocenters. The number of amides is 1. The molecule has 4 heterocycles. The normalized spacial score (nSPS) is 20.0. The molecule has 0 bridgehead atoms. The lowest BCUT2D eigenvalue weighted by Crippen LogP contribution is -2.52. The molecule has 1 saturated heterocycles. The summed E-state index contributed by atoms with van der Waals surface area (Å²) in [7, 11) is 0. The van der Waals surface area contributed by atoms with E-state index in [4.69, 9.17) is 15.2 Å². The number of carbonyl (C=O) groups excluding carboxylic acids is 1. The van der Waals surface area contributed by atoms with Crippen LogP contribution in [-0.2, 0) is 4.79 Å². The fourth-order valence-electron chi connectivity index (χ4n) is 6.06. The molecule has 1 aliphatic heterocycles. The maximum Gasteiger partial charge on any atom is 0.300 e. The second kappa shape index (κ2) is 10.1. The first-order chi connectivity index (χ1) is 19.9. The minimum absolute atomic E-state index is 0.0886. The number of anilines is 3. The molecule has 0 spiro atoms. The molecule has 12 heteroatoms. The van der Waals surface area contributed by atoms with Gasteiger partial charge >= 0.3 is 0 Å². The van der Waals surface area contributed by atoms with Crippen molar-refractivity contribution < 1.29 is 13.6 Å². The number of piperazine rings is 1. The van der Waals surface area contributed by atoms with Gasteiger partial charge in [0.2, 0.25) is 5.91 Å². The number of hydrogen-bond donors (Lipinski definition) is 3. The Morgan fingerprint density at radius 2 is 1.93 bits per heavy atom. The molecule has 2 aromatic carbocycles. The maximum absolute atomic E-state index is 15.4. The molecule has 0 radical (unpaired) electrons. The number of nitrogens with one attached hydrogen (secondary N) is 2. The van der Waals surface area contributed by atoms with Crippen LogP contribution in [0.15, 0.2) is 47.1 Å². The van der Waals surface area contributed by atoms with Crippen LogP contribution in [0.3, 0.4) is 0 Å². The van der Waals surface area contributed by atoms with E-state index in [9.17, 15) is 4.79 Å². The van der Waals surface area contributed by atoms with E-state index < -0.39 is 5.82 Å². The number of aryl methyl sites for hydroxylation is 1. The molecule has 1 aliphatic carbocycles. The van der Waals surface area contributed by atoms with Gasteiger partial charge in [-0.25, -0.2) is 19.0 Å². The average molecular weight is 556 g/mol. The summed E-state index contributed by atoms with van der Waals surface area (Å²) in [5.41, 5.74) is 10.7. The van der Waals surface area contributed by atoms with Crippen molar-refractivity contribution in [2.75, 3.05) is 30.7 Å². The Morgan fingerprint density at radius 1 is 1.10 bits per heavy atom. The molecule has 2 aliphatic rings. The lowest BCUT2D eigenvalue weighted by molar-refractivity contribution is -0.125. The largest absolute Gasteiger partial charge is 0.423 e. The lowest BCUT2D eigenvalue weighted by Gasteiger charge is -2.38. The smallest absolute Gasteiger partial charge is 0.300 e. The number of hydrogen-bond acceptors (Lipinski definition) is 9. The Balaban J connectivity index is 1.15. The molecule has 11 nitrogen and oxygen atoms in total. The number of halogens is 1. The molecule has 210 valence electrons. The van der Waals surface area contributed by atoms with Crippen LogP contribution in [0.1, 0.15) is 37.3 Å². The van der Waals surface area contributed by atoms with Crippen molar-refractivity contribution >= 4 is 45.6 Å². The van der Waals surface area contributed by atoms with Crippen LogP contribution in [0, 0.1) is 12.7 Å². The summed E-state index contributed by atoms with van der Waals surface area (Å²) < 4.78 is 23.0. The van der Waals surface area contributed by atoms with Gasteiger partial charge in [-0.2, -0.15) is 10.1 Å². The van der Waals surface area contributed by atoms with E-state index in [1.807, 2.05) is 29.8 Å². The number of benzene rings is 2. The first-order valence-corrected chi connectivity index (χ1v) is 13.9. The molecule has 2 fully saturated rings. The van der Waals surface area contributed by atoms with Crippen LogP contribution < -0.4 is 16.4 Å². The van der Waals surface area contributed by atoms with Gasteiger partial charge in [-0.1, -0.05) is 12.1 Å². The van der Waals surface area contributed by atoms with E-state index in [-0.39, 0.29) is 23.7 Å². The van der Waals surface area contributed by atoms with Crippen LogP contribution in [0.2, 0.25) is 0 Å². The molecular weight excluding hydrogens is 525 g/mol. The molecule has 3 aromatic heterocycles. The number of carbonyl (C=O) groups is 1. The summed E-state index contributed by atoms with van der Waals surface area (Å²) in [6, 6.07) is 11.2. The Labute approximate surface area is 234 Å². The average Bonchev–Trinajstić information content (AvgIpc) is 3.56. The number of oxazole rings is 1. The van der Waals surface area contributed by atoms with E-state index in [1.165, 1.54) is 12.4 Å². The number of nitrogen functional groups attached to an aromatic ring is 1. The zero-order valence-corrected chi connectivity index (χ0v) is 22.6. The zero-order valence-electron chi connectivity index (χ0n) is 22.6. The van der Waals surface area contributed by atoms with Crippen molar-refractivity contribution in [3.05, 3.63) is 54.1 Å². The summed E-state index contributed by atoms with van der Waals surface area (Å²) in [6.07, 6.45) is 5.14. The molecule has 41 heavy (non-hydrogen) atoms. The van der Waals surface area contributed by atoms with Gasteiger partial charge in [0.15, 0.2) is 11.2 Å². The van der Waals surface area contributed by atoms with Crippen molar-refractivity contribution in [1.29, 1.82) is 0 Å². The minimum Gasteiger partial charge on any atom is -0.423 e. The van der Waals surface area contributed by atoms with Gasteiger partial charge < -0.3 is 20.8 Å². The Bertz CT molecular complexity index is 1770. The van der Waals surface area contributed by atoms with Gasteiger partial charge in [-0.3, -0.25) is 9.69 Å². The standard InChI is InChI=1S/C29H30FN9O2/c1-16-2-9-23-22(12-16)36-29(41-23)35-21-8-3-17(13-20(21)30)26-25-27(31)33-15-34-28(25)39(37-26)19-6-4-18(5-7-19)38-11-10-32-24(40)14-38/h2-3,8-9,12-13,15,18-19H,4-7,10-11,14H2,1H3,(H,32,40)(H,35,36)(H2,31,33,34)/t18-,19-. The lowest BCUT2D eigenvalue weighted by atomic mass is 9.90. The van der Waals surface area contributed by atoms with Crippen LogP contribution in [-0.4, -0.2) is 61.2 Å². The number of fused-ring (bicyclic) bond motifs is 2. The summed E-state index contributed by atoms with van der Waals surface area (Å²) >= 11 is 0. The number of nitrogens with zero attached hydrogens (tertiary/aromatic N) is 6. The molecule has 0 unspecified atom stereocenters. The first kappa shape index (κ1) is 25.4.